The molecule has 0 saturated carbocycles. The number of carbonyl (C=O) groups excluding carboxylic acids is 2. The molecule has 26 heavy (non-hydrogen) atoms. The molecule has 0 saturated heterocycles. The molecule has 0 bridgehead atoms. The first-order valence-corrected chi connectivity index (χ1v) is 9.14. The van der Waals surface area contributed by atoms with Crippen LogP contribution in [0.25, 0.3) is 0 Å². The molecule has 0 aromatic rings. The van der Waals surface area contributed by atoms with Crippen LogP contribution >= 0.6 is 0 Å². The van der Waals surface area contributed by atoms with E-state index in [-0.39, 0.29) is 11.9 Å². The van der Waals surface area contributed by atoms with Gasteiger partial charge in [-0.05, 0) is 51.4 Å². The number of rotatable bonds is 14. The molecule has 4 heteroatoms. The summed E-state index contributed by atoms with van der Waals surface area (Å²) in [6, 6.07) is 0. The average Bonchev–Trinajstić information content (AvgIpc) is 2.66. The van der Waals surface area contributed by atoms with Gasteiger partial charge >= 0.3 is 11.9 Å². The summed E-state index contributed by atoms with van der Waals surface area (Å²) < 4.78 is 9.03. The molecule has 0 atom stereocenters. The van der Waals surface area contributed by atoms with Crippen molar-refractivity contribution in [2.24, 2.45) is 0 Å². The molecule has 0 heterocycles. The molecule has 0 aromatic carbocycles. The van der Waals surface area contributed by atoms with Gasteiger partial charge in [0.15, 0.2) is 0 Å². The molecule has 0 N–H and O–H groups in total. The maximum absolute atomic E-state index is 10.8. The topological polar surface area (TPSA) is 52.6 Å². The summed E-state index contributed by atoms with van der Waals surface area (Å²) in [6.07, 6.45) is 27.4. The van der Waals surface area contributed by atoms with Crippen molar-refractivity contribution in [3.05, 3.63) is 60.8 Å². The maximum Gasteiger partial charge on any atom is 0.330 e. The first kappa shape index (κ1) is 23.6. The van der Waals surface area contributed by atoms with Crippen molar-refractivity contribution in [2.75, 3.05) is 14.2 Å². The largest absolute Gasteiger partial charge is 0.466 e. The van der Waals surface area contributed by atoms with Crippen LogP contribution in [0.4, 0.5) is 0 Å². The number of hydrogen-bond acceptors (Lipinski definition) is 4. The van der Waals surface area contributed by atoms with Gasteiger partial charge in [0.1, 0.15) is 0 Å². The van der Waals surface area contributed by atoms with E-state index in [0.29, 0.717) is 0 Å². The van der Waals surface area contributed by atoms with Gasteiger partial charge in [0.05, 0.1) is 14.2 Å². The minimum Gasteiger partial charge on any atom is -0.466 e. The van der Waals surface area contributed by atoms with Crippen LogP contribution in [0.15, 0.2) is 60.8 Å². The number of esters is 2. The highest BCUT2D eigenvalue weighted by atomic mass is 16.5. The fraction of sp³-hybridized carbons (Fsp3) is 0.455. The molecular weight excluding hydrogens is 328 g/mol. The zero-order chi connectivity index (χ0) is 19.3. The van der Waals surface area contributed by atoms with Gasteiger partial charge in [-0.2, -0.15) is 0 Å². The fourth-order valence-corrected chi connectivity index (χ4v) is 1.97. The second kappa shape index (κ2) is 19.0. The lowest BCUT2D eigenvalue weighted by molar-refractivity contribution is -0.135. The van der Waals surface area contributed by atoms with Crippen LogP contribution in [0.1, 0.15) is 51.4 Å². The fourth-order valence-electron chi connectivity index (χ4n) is 1.97. The molecule has 0 aliphatic rings. The second-order valence-corrected chi connectivity index (χ2v) is 5.57. The van der Waals surface area contributed by atoms with E-state index in [9.17, 15) is 9.59 Å². The van der Waals surface area contributed by atoms with Gasteiger partial charge in [-0.25, -0.2) is 9.59 Å². The standard InChI is InChI=1S/C22H32O4/c1-25-21(23)19-17-15-13-11-9-7-5-3-4-6-8-10-12-14-16-18-20-22(24)26-2/h3-4,9-12,17-20H,5-8,13-16H2,1-2H3/b4-3+,11-9+,12-10+,19-17+,20-18+. The molecule has 0 aromatic heterocycles. The Morgan fingerprint density at radius 1 is 0.500 bits per heavy atom. The SMILES string of the molecule is COC(=O)/C=C/CC/C=C/CC/C=C/CC/C=C/CC/C=C/C(=O)OC. The zero-order valence-corrected chi connectivity index (χ0v) is 16.1. The molecule has 0 fully saturated rings. The third-order valence-electron chi connectivity index (χ3n) is 3.41. The number of methoxy groups -OCH3 is 2. The van der Waals surface area contributed by atoms with E-state index in [1.54, 1.807) is 0 Å². The van der Waals surface area contributed by atoms with Crippen LogP contribution in [-0.4, -0.2) is 26.2 Å². The van der Waals surface area contributed by atoms with Gasteiger partial charge in [0.25, 0.3) is 0 Å². The van der Waals surface area contributed by atoms with E-state index in [1.165, 1.54) is 26.4 Å². The molecule has 0 rings (SSSR count). The normalized spacial score (nSPS) is 12.2. The summed E-state index contributed by atoms with van der Waals surface area (Å²) in [5.41, 5.74) is 0. The molecule has 4 nitrogen and oxygen atoms in total. The number of hydrogen-bond donors (Lipinski definition) is 0. The average molecular weight is 360 g/mol. The van der Waals surface area contributed by atoms with E-state index >= 15 is 0 Å². The Labute approximate surface area is 158 Å². The lowest BCUT2D eigenvalue weighted by Crippen LogP contribution is -1.93. The van der Waals surface area contributed by atoms with Crippen molar-refractivity contribution in [1.29, 1.82) is 0 Å². The van der Waals surface area contributed by atoms with E-state index in [1.807, 2.05) is 12.2 Å². The summed E-state index contributed by atoms with van der Waals surface area (Å²) in [7, 11) is 2.76. The highest BCUT2D eigenvalue weighted by Gasteiger charge is 1.89. The molecule has 0 aliphatic heterocycles. The van der Waals surface area contributed by atoms with Crippen LogP contribution in [0.2, 0.25) is 0 Å². The van der Waals surface area contributed by atoms with Crippen molar-refractivity contribution in [3.8, 4) is 0 Å². The number of ether oxygens (including phenoxy) is 2. The molecule has 0 aliphatic carbocycles. The Kier molecular flexibility index (Phi) is 17.2. The highest BCUT2D eigenvalue weighted by Crippen LogP contribution is 2.01. The zero-order valence-electron chi connectivity index (χ0n) is 16.1. The second-order valence-electron chi connectivity index (χ2n) is 5.57. The quantitative estimate of drug-likeness (QED) is 0.184. The molecule has 0 radical (unpaired) electrons. The molecule has 0 amide bonds. The van der Waals surface area contributed by atoms with E-state index in [2.05, 4.69) is 45.9 Å². The lowest BCUT2D eigenvalue weighted by Gasteiger charge is -1.91. The third kappa shape index (κ3) is 18.0. The third-order valence-corrected chi connectivity index (χ3v) is 3.41. The number of allylic oxidation sites excluding steroid dienone is 8. The van der Waals surface area contributed by atoms with E-state index < -0.39 is 0 Å². The Morgan fingerprint density at radius 3 is 0.962 bits per heavy atom. The Morgan fingerprint density at radius 2 is 0.731 bits per heavy atom. The van der Waals surface area contributed by atoms with Crippen LogP contribution in [0, 0.1) is 0 Å². The van der Waals surface area contributed by atoms with Crippen molar-refractivity contribution >= 4 is 11.9 Å². The summed E-state index contributed by atoms with van der Waals surface area (Å²) in [5.74, 6) is -0.603. The van der Waals surface area contributed by atoms with Gasteiger partial charge in [0.2, 0.25) is 0 Å². The van der Waals surface area contributed by atoms with Crippen LogP contribution in [0.5, 0.6) is 0 Å². The smallest absolute Gasteiger partial charge is 0.330 e. The number of unbranched alkanes of at least 4 members (excludes halogenated alkanes) is 4. The van der Waals surface area contributed by atoms with Crippen molar-refractivity contribution in [3.63, 3.8) is 0 Å². The predicted molar refractivity (Wildman–Crippen MR) is 107 cm³/mol. The van der Waals surface area contributed by atoms with E-state index in [4.69, 9.17) is 0 Å². The monoisotopic (exact) mass is 360 g/mol. The summed E-state index contributed by atoms with van der Waals surface area (Å²) in [5, 5.41) is 0. The summed E-state index contributed by atoms with van der Waals surface area (Å²) in [6.45, 7) is 0. The minimum atomic E-state index is -0.302. The van der Waals surface area contributed by atoms with Crippen molar-refractivity contribution in [1.82, 2.24) is 0 Å². The Hall–Kier alpha value is -2.36. The molecule has 0 spiro atoms. The van der Waals surface area contributed by atoms with Crippen molar-refractivity contribution in [2.45, 2.75) is 51.4 Å². The van der Waals surface area contributed by atoms with Crippen LogP contribution in [0.3, 0.4) is 0 Å². The maximum atomic E-state index is 10.8. The predicted octanol–water partition coefficient (Wildman–Crippen LogP) is 5.23. The molecule has 0 unspecified atom stereocenters. The lowest BCUT2D eigenvalue weighted by atomic mass is 10.2. The van der Waals surface area contributed by atoms with Crippen LogP contribution in [-0.2, 0) is 19.1 Å². The Bertz CT molecular complexity index is 464. The van der Waals surface area contributed by atoms with Gasteiger partial charge in [-0.3, -0.25) is 0 Å². The number of carbonyl (C=O) groups is 2. The highest BCUT2D eigenvalue weighted by molar-refractivity contribution is 5.81. The summed E-state index contributed by atoms with van der Waals surface area (Å²) in [4.78, 5) is 21.7. The van der Waals surface area contributed by atoms with E-state index in [0.717, 1.165) is 51.4 Å². The van der Waals surface area contributed by atoms with Gasteiger partial charge < -0.3 is 9.47 Å². The van der Waals surface area contributed by atoms with Crippen molar-refractivity contribution < 1.29 is 19.1 Å². The Balaban J connectivity index is 3.48. The van der Waals surface area contributed by atoms with Crippen LogP contribution < -0.4 is 0 Å². The first-order chi connectivity index (χ1) is 12.7. The van der Waals surface area contributed by atoms with Gasteiger partial charge in [0, 0.05) is 12.2 Å². The van der Waals surface area contributed by atoms with Gasteiger partial charge in [-0.1, -0.05) is 48.6 Å². The molecule has 144 valence electrons. The molecular formula is C22H32O4. The van der Waals surface area contributed by atoms with Gasteiger partial charge in [-0.15, -0.1) is 0 Å². The summed E-state index contributed by atoms with van der Waals surface area (Å²) >= 11 is 0. The minimum absolute atomic E-state index is 0.302. The first-order valence-electron chi connectivity index (χ1n) is 9.14.